The van der Waals surface area contributed by atoms with Crippen LogP contribution in [0.1, 0.15) is 32.6 Å². The van der Waals surface area contributed by atoms with Crippen molar-refractivity contribution >= 4 is 0 Å². The zero-order valence-electron chi connectivity index (χ0n) is 11.5. The van der Waals surface area contributed by atoms with Crippen molar-refractivity contribution in [3.8, 4) is 23.7 Å². The number of rotatable bonds is 7. The van der Waals surface area contributed by atoms with Gasteiger partial charge in [-0.3, -0.25) is 0 Å². The zero-order valence-corrected chi connectivity index (χ0v) is 11.5. The summed E-state index contributed by atoms with van der Waals surface area (Å²) in [7, 11) is 0. The fourth-order valence-electron chi connectivity index (χ4n) is 1.31. The Morgan fingerprint density at radius 2 is 1.74 bits per heavy atom. The van der Waals surface area contributed by atoms with E-state index in [2.05, 4.69) is 30.6 Å². The molecule has 0 aromatic carbocycles. The molecule has 0 aliphatic carbocycles. The summed E-state index contributed by atoms with van der Waals surface area (Å²) >= 11 is 0. The Balaban J connectivity index is 3.75. The highest BCUT2D eigenvalue weighted by Crippen LogP contribution is 2.04. The van der Waals surface area contributed by atoms with E-state index in [1.807, 2.05) is 18.2 Å². The minimum atomic E-state index is -0.180. The van der Waals surface area contributed by atoms with E-state index >= 15 is 0 Å². The molecule has 0 aliphatic rings. The minimum Gasteiger partial charge on any atom is -0.393 e. The van der Waals surface area contributed by atoms with E-state index in [0.29, 0.717) is 0 Å². The summed E-state index contributed by atoms with van der Waals surface area (Å²) in [5.74, 6) is 10.8. The molecule has 0 bridgehead atoms. The van der Waals surface area contributed by atoms with E-state index in [0.717, 1.165) is 25.7 Å². The Morgan fingerprint density at radius 3 is 2.42 bits per heavy atom. The van der Waals surface area contributed by atoms with Crippen molar-refractivity contribution in [2.45, 2.75) is 38.7 Å². The second-order valence-electron chi connectivity index (χ2n) is 3.93. The molecule has 0 spiro atoms. The molecule has 2 N–H and O–H groups in total. The topological polar surface area (TPSA) is 40.5 Å². The summed E-state index contributed by atoms with van der Waals surface area (Å²) in [6.45, 7) is 2.07. The van der Waals surface area contributed by atoms with Gasteiger partial charge in [0.2, 0.25) is 0 Å². The second-order valence-corrected chi connectivity index (χ2v) is 3.93. The lowest BCUT2D eigenvalue weighted by molar-refractivity contribution is 0.155. The standard InChI is InChI=1S/C17H22O2/c1-2-14-17(19)15-12-10-8-6-4-3-5-7-9-11-13-16-18/h4,6,8,10-11,13,17-19H,2,12,14-16H2,1H3/b6-4+,10-8+,13-11-/t17-/m0/s1. The normalized spacial score (nSPS) is 12.4. The van der Waals surface area contributed by atoms with Crippen LogP contribution in [0.2, 0.25) is 0 Å². The van der Waals surface area contributed by atoms with Gasteiger partial charge in [-0.05, 0) is 43.3 Å². The van der Waals surface area contributed by atoms with Gasteiger partial charge in [0.25, 0.3) is 0 Å². The predicted molar refractivity (Wildman–Crippen MR) is 80.2 cm³/mol. The number of allylic oxidation sites excluding steroid dienone is 5. The molecule has 0 saturated heterocycles. The lowest BCUT2D eigenvalue weighted by Gasteiger charge is -2.05. The molecule has 0 heterocycles. The summed E-state index contributed by atoms with van der Waals surface area (Å²) in [4.78, 5) is 0. The van der Waals surface area contributed by atoms with Gasteiger partial charge in [0.05, 0.1) is 12.7 Å². The van der Waals surface area contributed by atoms with E-state index in [4.69, 9.17) is 5.11 Å². The van der Waals surface area contributed by atoms with Gasteiger partial charge in [-0.15, -0.1) is 0 Å². The molecule has 0 aliphatic heterocycles. The highest BCUT2D eigenvalue weighted by molar-refractivity contribution is 5.34. The van der Waals surface area contributed by atoms with E-state index < -0.39 is 0 Å². The number of aliphatic hydroxyl groups excluding tert-OH is 2. The Labute approximate surface area is 116 Å². The summed E-state index contributed by atoms with van der Waals surface area (Å²) in [6, 6.07) is 0. The third kappa shape index (κ3) is 14.2. The fraction of sp³-hybridized carbons (Fsp3) is 0.412. The van der Waals surface area contributed by atoms with Gasteiger partial charge in [-0.2, -0.15) is 0 Å². The van der Waals surface area contributed by atoms with E-state index in [1.54, 1.807) is 18.2 Å². The molecule has 0 aromatic heterocycles. The van der Waals surface area contributed by atoms with Crippen LogP contribution in [-0.4, -0.2) is 22.9 Å². The number of aliphatic hydroxyl groups is 2. The molecule has 2 nitrogen and oxygen atoms in total. The molecule has 0 aromatic rings. The number of hydrogen-bond donors (Lipinski definition) is 2. The van der Waals surface area contributed by atoms with Crippen molar-refractivity contribution in [1.29, 1.82) is 0 Å². The highest BCUT2D eigenvalue weighted by Gasteiger charge is 1.98. The molecule has 0 unspecified atom stereocenters. The van der Waals surface area contributed by atoms with Gasteiger partial charge in [0.1, 0.15) is 0 Å². The first-order valence-electron chi connectivity index (χ1n) is 6.58. The van der Waals surface area contributed by atoms with Gasteiger partial charge >= 0.3 is 0 Å². The van der Waals surface area contributed by atoms with Crippen molar-refractivity contribution in [1.82, 2.24) is 0 Å². The Morgan fingerprint density at radius 1 is 1.00 bits per heavy atom. The molecule has 0 saturated carbocycles. The largest absolute Gasteiger partial charge is 0.393 e. The van der Waals surface area contributed by atoms with Crippen molar-refractivity contribution < 1.29 is 10.2 Å². The smallest absolute Gasteiger partial charge is 0.0621 e. The van der Waals surface area contributed by atoms with Crippen LogP contribution >= 0.6 is 0 Å². The molecule has 102 valence electrons. The molecule has 0 rings (SSSR count). The Hall–Kier alpha value is -1.74. The Kier molecular flexibility index (Phi) is 13.0. The van der Waals surface area contributed by atoms with Crippen molar-refractivity contribution in [3.63, 3.8) is 0 Å². The summed E-state index contributed by atoms with van der Waals surface area (Å²) in [5.41, 5.74) is 0. The first kappa shape index (κ1) is 17.3. The monoisotopic (exact) mass is 258 g/mol. The van der Waals surface area contributed by atoms with Crippen LogP contribution in [0.3, 0.4) is 0 Å². The predicted octanol–water partition coefficient (Wildman–Crippen LogP) is 2.60. The van der Waals surface area contributed by atoms with Crippen LogP contribution < -0.4 is 0 Å². The maximum atomic E-state index is 9.50. The molecule has 1 atom stereocenters. The highest BCUT2D eigenvalue weighted by atomic mass is 16.3. The number of hydrogen-bond acceptors (Lipinski definition) is 2. The fourth-order valence-corrected chi connectivity index (χ4v) is 1.31. The minimum absolute atomic E-state index is 0.000239. The molecular formula is C17H22O2. The van der Waals surface area contributed by atoms with Crippen LogP contribution in [0.5, 0.6) is 0 Å². The third-order valence-electron chi connectivity index (χ3n) is 2.23. The first-order chi connectivity index (χ1) is 9.31. The van der Waals surface area contributed by atoms with Crippen LogP contribution in [0.4, 0.5) is 0 Å². The maximum Gasteiger partial charge on any atom is 0.0621 e. The first-order valence-corrected chi connectivity index (χ1v) is 6.58. The van der Waals surface area contributed by atoms with Crippen molar-refractivity contribution in [2.75, 3.05) is 6.61 Å². The van der Waals surface area contributed by atoms with Crippen molar-refractivity contribution in [2.24, 2.45) is 0 Å². The summed E-state index contributed by atoms with van der Waals surface area (Å²) in [5, 5.41) is 17.9. The molecular weight excluding hydrogens is 236 g/mol. The SMILES string of the molecule is CCC[C@H](O)CC/C=C/C=C/C#CC#C/C=C\CO. The van der Waals surface area contributed by atoms with Crippen LogP contribution in [0.25, 0.3) is 0 Å². The Bertz CT molecular complexity index is 408. The van der Waals surface area contributed by atoms with Crippen molar-refractivity contribution in [3.05, 3.63) is 36.5 Å². The third-order valence-corrected chi connectivity index (χ3v) is 2.23. The quantitative estimate of drug-likeness (QED) is 0.544. The lowest BCUT2D eigenvalue weighted by Crippen LogP contribution is -2.04. The molecule has 19 heavy (non-hydrogen) atoms. The second kappa shape index (κ2) is 14.3. The molecule has 0 radical (unpaired) electrons. The van der Waals surface area contributed by atoms with Crippen LogP contribution in [-0.2, 0) is 0 Å². The summed E-state index contributed by atoms with van der Waals surface area (Å²) in [6.07, 6.45) is 14.1. The average Bonchev–Trinajstić information content (AvgIpc) is 2.40. The van der Waals surface area contributed by atoms with E-state index in [9.17, 15) is 5.11 Å². The average molecular weight is 258 g/mol. The van der Waals surface area contributed by atoms with Gasteiger partial charge in [-0.1, -0.05) is 49.5 Å². The maximum absolute atomic E-state index is 9.50. The van der Waals surface area contributed by atoms with E-state index in [-0.39, 0.29) is 12.7 Å². The molecule has 2 heteroatoms. The summed E-state index contributed by atoms with van der Waals surface area (Å²) < 4.78 is 0. The zero-order chi connectivity index (χ0) is 14.2. The van der Waals surface area contributed by atoms with Gasteiger partial charge < -0.3 is 10.2 Å². The van der Waals surface area contributed by atoms with E-state index in [1.165, 1.54) is 0 Å². The van der Waals surface area contributed by atoms with Gasteiger partial charge in [0, 0.05) is 0 Å². The van der Waals surface area contributed by atoms with Gasteiger partial charge in [0.15, 0.2) is 0 Å². The molecule has 0 fully saturated rings. The lowest BCUT2D eigenvalue weighted by atomic mass is 10.1. The van der Waals surface area contributed by atoms with Crippen LogP contribution in [0, 0.1) is 23.7 Å². The molecule has 0 amide bonds. The van der Waals surface area contributed by atoms with Crippen LogP contribution in [0.15, 0.2) is 36.5 Å². The van der Waals surface area contributed by atoms with Gasteiger partial charge in [-0.25, -0.2) is 0 Å².